The lowest BCUT2D eigenvalue weighted by molar-refractivity contribution is -0.130. The van der Waals surface area contributed by atoms with E-state index in [2.05, 4.69) is 5.32 Å². The van der Waals surface area contributed by atoms with E-state index < -0.39 is 11.7 Å². The molecule has 1 heterocycles. The van der Waals surface area contributed by atoms with E-state index in [-0.39, 0.29) is 5.91 Å². The Morgan fingerprint density at radius 1 is 1.32 bits per heavy atom. The molecular weight excluding hydrogens is 244 g/mol. The SMILES string of the molecule is CC(C)(C)OC(=O)NCCCN1CCCCCC1=O. The molecule has 1 aliphatic heterocycles. The van der Waals surface area contributed by atoms with E-state index in [0.29, 0.717) is 19.5 Å². The van der Waals surface area contributed by atoms with Crippen LogP contribution in [0.4, 0.5) is 4.79 Å². The molecule has 0 aromatic rings. The van der Waals surface area contributed by atoms with Gasteiger partial charge < -0.3 is 15.0 Å². The van der Waals surface area contributed by atoms with E-state index in [1.807, 2.05) is 25.7 Å². The normalized spacial score (nSPS) is 17.0. The number of rotatable bonds is 4. The Kier molecular flexibility index (Phi) is 6.12. The van der Waals surface area contributed by atoms with Gasteiger partial charge in [-0.1, -0.05) is 6.42 Å². The summed E-state index contributed by atoms with van der Waals surface area (Å²) in [6, 6.07) is 0. The van der Waals surface area contributed by atoms with Gasteiger partial charge in [-0.15, -0.1) is 0 Å². The van der Waals surface area contributed by atoms with Crippen LogP contribution in [0.5, 0.6) is 0 Å². The van der Waals surface area contributed by atoms with E-state index in [1.54, 1.807) is 0 Å². The van der Waals surface area contributed by atoms with Gasteiger partial charge in [-0.2, -0.15) is 0 Å². The molecule has 0 bridgehead atoms. The molecule has 0 saturated carbocycles. The molecule has 0 radical (unpaired) electrons. The quantitative estimate of drug-likeness (QED) is 0.797. The van der Waals surface area contributed by atoms with Crippen molar-refractivity contribution < 1.29 is 14.3 Å². The zero-order valence-electron chi connectivity index (χ0n) is 12.3. The second-order valence-corrected chi connectivity index (χ2v) is 5.97. The van der Waals surface area contributed by atoms with Crippen molar-refractivity contribution in [1.29, 1.82) is 0 Å². The second-order valence-electron chi connectivity index (χ2n) is 5.97. The fourth-order valence-corrected chi connectivity index (χ4v) is 2.05. The van der Waals surface area contributed by atoms with Crippen molar-refractivity contribution in [2.45, 2.75) is 58.5 Å². The molecule has 110 valence electrons. The third-order valence-electron chi connectivity index (χ3n) is 2.94. The molecule has 0 spiro atoms. The smallest absolute Gasteiger partial charge is 0.407 e. The summed E-state index contributed by atoms with van der Waals surface area (Å²) in [5.41, 5.74) is -0.467. The predicted molar refractivity (Wildman–Crippen MR) is 73.9 cm³/mol. The monoisotopic (exact) mass is 270 g/mol. The summed E-state index contributed by atoms with van der Waals surface area (Å²) in [4.78, 5) is 25.1. The molecule has 1 N–H and O–H groups in total. The number of nitrogens with one attached hydrogen (secondary N) is 1. The van der Waals surface area contributed by atoms with Crippen LogP contribution in [0.15, 0.2) is 0 Å². The number of amides is 2. The van der Waals surface area contributed by atoms with Crippen molar-refractivity contribution in [2.24, 2.45) is 0 Å². The molecular formula is C14H26N2O3. The minimum absolute atomic E-state index is 0.245. The van der Waals surface area contributed by atoms with Crippen LogP contribution in [0, 0.1) is 0 Å². The summed E-state index contributed by atoms with van der Waals surface area (Å²) in [5, 5.41) is 2.71. The van der Waals surface area contributed by atoms with Crippen molar-refractivity contribution in [3.8, 4) is 0 Å². The first-order valence-corrected chi connectivity index (χ1v) is 7.13. The van der Waals surface area contributed by atoms with Gasteiger partial charge in [0, 0.05) is 26.1 Å². The summed E-state index contributed by atoms with van der Waals surface area (Å²) in [7, 11) is 0. The van der Waals surface area contributed by atoms with E-state index >= 15 is 0 Å². The number of nitrogens with zero attached hydrogens (tertiary/aromatic N) is 1. The van der Waals surface area contributed by atoms with E-state index in [4.69, 9.17) is 4.74 Å². The standard InChI is InChI=1S/C14H26N2O3/c1-14(2,3)19-13(18)15-9-7-11-16-10-6-4-5-8-12(16)17/h4-11H2,1-3H3,(H,15,18). The molecule has 2 amide bonds. The Hall–Kier alpha value is -1.26. The Morgan fingerprint density at radius 3 is 2.74 bits per heavy atom. The van der Waals surface area contributed by atoms with Gasteiger partial charge in [0.25, 0.3) is 0 Å². The van der Waals surface area contributed by atoms with Crippen LogP contribution in [0.1, 0.15) is 52.9 Å². The van der Waals surface area contributed by atoms with Crippen LogP contribution in [0.25, 0.3) is 0 Å². The van der Waals surface area contributed by atoms with Crippen molar-refractivity contribution in [1.82, 2.24) is 10.2 Å². The van der Waals surface area contributed by atoms with Crippen molar-refractivity contribution >= 4 is 12.0 Å². The first-order chi connectivity index (χ1) is 8.88. The lowest BCUT2D eigenvalue weighted by Crippen LogP contribution is -2.36. The van der Waals surface area contributed by atoms with Gasteiger partial charge in [0.2, 0.25) is 5.91 Å². The fraction of sp³-hybridized carbons (Fsp3) is 0.857. The summed E-state index contributed by atoms with van der Waals surface area (Å²) >= 11 is 0. The lowest BCUT2D eigenvalue weighted by atomic mass is 10.2. The van der Waals surface area contributed by atoms with Gasteiger partial charge in [-0.05, 0) is 40.0 Å². The van der Waals surface area contributed by atoms with Crippen LogP contribution < -0.4 is 5.32 Å². The third-order valence-corrected chi connectivity index (χ3v) is 2.94. The number of hydrogen-bond acceptors (Lipinski definition) is 3. The number of carbonyl (C=O) groups excluding carboxylic acids is 2. The van der Waals surface area contributed by atoms with E-state index in [1.165, 1.54) is 0 Å². The van der Waals surface area contributed by atoms with E-state index in [9.17, 15) is 9.59 Å². The largest absolute Gasteiger partial charge is 0.444 e. The van der Waals surface area contributed by atoms with Gasteiger partial charge in [-0.25, -0.2) is 4.79 Å². The molecule has 5 heteroatoms. The molecule has 0 unspecified atom stereocenters. The minimum atomic E-state index is -0.467. The summed E-state index contributed by atoms with van der Waals surface area (Å²) in [6.07, 6.45) is 4.27. The van der Waals surface area contributed by atoms with Crippen molar-refractivity contribution in [2.75, 3.05) is 19.6 Å². The highest BCUT2D eigenvalue weighted by atomic mass is 16.6. The van der Waals surface area contributed by atoms with Crippen molar-refractivity contribution in [3.05, 3.63) is 0 Å². The molecule has 19 heavy (non-hydrogen) atoms. The maximum atomic E-state index is 11.7. The Labute approximate surface area is 115 Å². The highest BCUT2D eigenvalue weighted by molar-refractivity contribution is 5.76. The summed E-state index contributed by atoms with van der Waals surface area (Å²) < 4.78 is 5.14. The number of ether oxygens (including phenoxy) is 1. The fourth-order valence-electron chi connectivity index (χ4n) is 2.05. The molecule has 5 nitrogen and oxygen atoms in total. The topological polar surface area (TPSA) is 58.6 Å². The molecule has 1 saturated heterocycles. The molecule has 0 atom stereocenters. The van der Waals surface area contributed by atoms with Crippen LogP contribution in [-0.4, -0.2) is 42.1 Å². The van der Waals surface area contributed by atoms with Crippen LogP contribution >= 0.6 is 0 Å². The second kappa shape index (κ2) is 7.36. The third kappa shape index (κ3) is 7.03. The van der Waals surface area contributed by atoms with E-state index in [0.717, 1.165) is 32.2 Å². The first kappa shape index (κ1) is 15.8. The zero-order chi connectivity index (χ0) is 14.3. The van der Waals surface area contributed by atoms with Crippen LogP contribution in [-0.2, 0) is 9.53 Å². The van der Waals surface area contributed by atoms with Gasteiger partial charge in [-0.3, -0.25) is 4.79 Å². The molecule has 0 aliphatic carbocycles. The minimum Gasteiger partial charge on any atom is -0.444 e. The maximum Gasteiger partial charge on any atom is 0.407 e. The highest BCUT2D eigenvalue weighted by Crippen LogP contribution is 2.11. The van der Waals surface area contributed by atoms with Crippen molar-refractivity contribution in [3.63, 3.8) is 0 Å². The van der Waals surface area contributed by atoms with Gasteiger partial charge in [0.1, 0.15) is 5.60 Å². The molecule has 0 aromatic heterocycles. The molecule has 1 aliphatic rings. The number of alkyl carbamates (subject to hydrolysis) is 1. The zero-order valence-corrected chi connectivity index (χ0v) is 12.3. The number of hydrogen-bond donors (Lipinski definition) is 1. The number of carbonyl (C=O) groups is 2. The van der Waals surface area contributed by atoms with Gasteiger partial charge in [0.15, 0.2) is 0 Å². The van der Waals surface area contributed by atoms with Gasteiger partial charge >= 0.3 is 6.09 Å². The average molecular weight is 270 g/mol. The maximum absolute atomic E-state index is 11.7. The lowest BCUT2D eigenvalue weighted by Gasteiger charge is -2.21. The summed E-state index contributed by atoms with van der Waals surface area (Å²) in [6.45, 7) is 7.62. The first-order valence-electron chi connectivity index (χ1n) is 7.13. The van der Waals surface area contributed by atoms with Crippen LogP contribution in [0.2, 0.25) is 0 Å². The average Bonchev–Trinajstić information content (AvgIpc) is 2.47. The molecule has 1 rings (SSSR count). The highest BCUT2D eigenvalue weighted by Gasteiger charge is 2.17. The predicted octanol–water partition coefficient (Wildman–Crippen LogP) is 2.30. The Morgan fingerprint density at radius 2 is 2.05 bits per heavy atom. The van der Waals surface area contributed by atoms with Crippen LogP contribution in [0.3, 0.4) is 0 Å². The summed E-state index contributed by atoms with van der Waals surface area (Å²) in [5.74, 6) is 0.245. The number of likely N-dealkylation sites (tertiary alicyclic amines) is 1. The van der Waals surface area contributed by atoms with Gasteiger partial charge in [0.05, 0.1) is 0 Å². The Bertz CT molecular complexity index is 310. The Balaban J connectivity index is 2.16. The molecule has 1 fully saturated rings. The molecule has 0 aromatic carbocycles.